The van der Waals surface area contributed by atoms with E-state index in [4.69, 9.17) is 0 Å². The number of nitrogens with zero attached hydrogens (tertiary/aromatic N) is 1. The summed E-state index contributed by atoms with van der Waals surface area (Å²) in [6, 6.07) is 10.7. The summed E-state index contributed by atoms with van der Waals surface area (Å²) in [5.41, 5.74) is 1.50. The molecule has 0 aromatic heterocycles. The zero-order chi connectivity index (χ0) is 14.4. The number of likely N-dealkylation sites (tertiary alicyclic amines) is 1. The molecule has 0 radical (unpaired) electrons. The van der Waals surface area contributed by atoms with Crippen molar-refractivity contribution in [3.63, 3.8) is 0 Å². The molecule has 20 heavy (non-hydrogen) atoms. The first kappa shape index (κ1) is 14.1. The largest absolute Gasteiger partial charge is 0.301 e. The Balaban J connectivity index is 1.60. The van der Waals surface area contributed by atoms with Crippen molar-refractivity contribution in [3.8, 4) is 0 Å². The van der Waals surface area contributed by atoms with Crippen LogP contribution in [0.1, 0.15) is 25.3 Å². The molecular weight excluding hydrogens is 270 g/mol. The van der Waals surface area contributed by atoms with Gasteiger partial charge >= 0.3 is 0 Å². The molecule has 3 rings (SSSR count). The summed E-state index contributed by atoms with van der Waals surface area (Å²) in [5.74, 6) is 1.95. The third-order valence-corrected chi connectivity index (χ3v) is 6.76. The van der Waals surface area contributed by atoms with Crippen molar-refractivity contribution in [1.29, 1.82) is 0 Å². The first-order chi connectivity index (χ1) is 9.39. The molecule has 0 bridgehead atoms. The van der Waals surface area contributed by atoms with Crippen LogP contribution in [0, 0.1) is 11.3 Å². The van der Waals surface area contributed by atoms with Gasteiger partial charge in [-0.25, -0.2) is 8.42 Å². The molecule has 0 N–H and O–H groups in total. The molecule has 0 saturated carbocycles. The minimum Gasteiger partial charge on any atom is -0.301 e. The molecule has 4 heteroatoms. The van der Waals surface area contributed by atoms with Crippen LogP contribution in [0.2, 0.25) is 0 Å². The lowest BCUT2D eigenvalue weighted by Crippen LogP contribution is -2.68. The van der Waals surface area contributed by atoms with E-state index < -0.39 is 9.84 Å². The highest BCUT2D eigenvalue weighted by Crippen LogP contribution is 2.42. The number of hydrogen-bond acceptors (Lipinski definition) is 3. The molecule has 3 nitrogen and oxygen atoms in total. The molecular formula is C16H23NO2S. The van der Waals surface area contributed by atoms with Crippen molar-refractivity contribution < 1.29 is 8.42 Å². The van der Waals surface area contributed by atoms with E-state index in [9.17, 15) is 8.42 Å². The van der Waals surface area contributed by atoms with Crippen LogP contribution in [0.15, 0.2) is 30.3 Å². The van der Waals surface area contributed by atoms with Gasteiger partial charge in [0.05, 0.1) is 11.5 Å². The van der Waals surface area contributed by atoms with Gasteiger partial charge in [-0.3, -0.25) is 0 Å². The molecule has 0 amide bonds. The third kappa shape index (κ3) is 2.63. The molecule has 0 aliphatic carbocycles. The average Bonchev–Trinajstić information content (AvgIpc) is 2.31. The van der Waals surface area contributed by atoms with Gasteiger partial charge in [-0.15, -0.1) is 0 Å². The fourth-order valence-corrected chi connectivity index (χ4v) is 5.93. The van der Waals surface area contributed by atoms with E-state index in [0.717, 1.165) is 19.6 Å². The van der Waals surface area contributed by atoms with Crippen LogP contribution in [0.5, 0.6) is 0 Å². The lowest BCUT2D eigenvalue weighted by molar-refractivity contribution is 0.0162. The van der Waals surface area contributed by atoms with Crippen molar-refractivity contribution in [3.05, 3.63) is 35.9 Å². The van der Waals surface area contributed by atoms with Crippen molar-refractivity contribution in [2.75, 3.05) is 31.1 Å². The molecule has 2 heterocycles. The number of rotatable bonds is 4. The summed E-state index contributed by atoms with van der Waals surface area (Å²) in [7, 11) is -2.70. The van der Waals surface area contributed by atoms with E-state index in [1.165, 1.54) is 5.56 Å². The maximum Gasteiger partial charge on any atom is 0.151 e. The molecule has 1 atom stereocenters. The van der Waals surface area contributed by atoms with Gasteiger partial charge < -0.3 is 4.90 Å². The van der Waals surface area contributed by atoms with Crippen molar-refractivity contribution in [2.45, 2.75) is 19.8 Å². The zero-order valence-corrected chi connectivity index (χ0v) is 13.1. The van der Waals surface area contributed by atoms with E-state index in [-0.39, 0.29) is 5.41 Å². The van der Waals surface area contributed by atoms with Gasteiger partial charge in [0.25, 0.3) is 0 Å². The Bertz CT molecular complexity index is 560. The molecule has 110 valence electrons. The zero-order valence-electron chi connectivity index (χ0n) is 12.2. The summed E-state index contributed by atoms with van der Waals surface area (Å²) in [4.78, 5) is 2.42. The average molecular weight is 293 g/mol. The Morgan fingerprint density at radius 1 is 1.15 bits per heavy atom. The van der Waals surface area contributed by atoms with Crippen LogP contribution >= 0.6 is 0 Å². The molecule has 1 spiro atoms. The fourth-order valence-electron chi connectivity index (χ4n) is 3.78. The number of hydrogen-bond donors (Lipinski definition) is 0. The molecule has 1 aromatic rings. The third-order valence-electron chi connectivity index (χ3n) is 4.66. The predicted molar refractivity (Wildman–Crippen MR) is 81.5 cm³/mol. The maximum atomic E-state index is 11.3. The van der Waals surface area contributed by atoms with Gasteiger partial charge in [-0.2, -0.15) is 0 Å². The highest BCUT2D eigenvalue weighted by molar-refractivity contribution is 7.92. The molecule has 2 aliphatic rings. The van der Waals surface area contributed by atoms with E-state index >= 15 is 0 Å². The predicted octanol–water partition coefficient (Wildman–Crippen LogP) is 2.16. The fraction of sp³-hybridized carbons (Fsp3) is 0.625. The first-order valence-corrected chi connectivity index (χ1v) is 9.19. The molecule has 2 fully saturated rings. The summed E-state index contributed by atoms with van der Waals surface area (Å²) >= 11 is 0. The lowest BCUT2D eigenvalue weighted by atomic mass is 9.80. The molecule has 1 aromatic carbocycles. The summed E-state index contributed by atoms with van der Waals surface area (Å²) in [5, 5.41) is 0. The van der Waals surface area contributed by atoms with Gasteiger partial charge in [-0.05, 0) is 17.4 Å². The Morgan fingerprint density at radius 2 is 1.75 bits per heavy atom. The van der Waals surface area contributed by atoms with Crippen LogP contribution in [-0.2, 0) is 9.84 Å². The number of benzene rings is 1. The molecule has 2 saturated heterocycles. The summed E-state index contributed by atoms with van der Waals surface area (Å²) in [6.07, 6.45) is 0. The van der Waals surface area contributed by atoms with Crippen molar-refractivity contribution in [2.24, 2.45) is 11.3 Å². The second-order valence-corrected chi connectivity index (χ2v) is 9.03. The smallest absolute Gasteiger partial charge is 0.151 e. The van der Waals surface area contributed by atoms with Gasteiger partial charge in [0.15, 0.2) is 9.84 Å². The van der Waals surface area contributed by atoms with Gasteiger partial charge in [-0.1, -0.05) is 44.2 Å². The van der Waals surface area contributed by atoms with E-state index in [1.54, 1.807) is 0 Å². The normalized spacial score (nSPS) is 25.1. The summed E-state index contributed by atoms with van der Waals surface area (Å²) in [6.45, 7) is 7.50. The lowest BCUT2D eigenvalue weighted by Gasteiger charge is -2.55. The van der Waals surface area contributed by atoms with E-state index in [1.807, 2.05) is 0 Å². The summed E-state index contributed by atoms with van der Waals surface area (Å²) < 4.78 is 22.7. The van der Waals surface area contributed by atoms with Crippen molar-refractivity contribution in [1.82, 2.24) is 4.90 Å². The Labute approximate surface area is 121 Å². The molecule has 1 unspecified atom stereocenters. The maximum absolute atomic E-state index is 11.3. The first-order valence-electron chi connectivity index (χ1n) is 7.37. The second kappa shape index (κ2) is 4.85. The van der Waals surface area contributed by atoms with E-state index in [0.29, 0.717) is 23.3 Å². The quantitative estimate of drug-likeness (QED) is 0.853. The standard InChI is InChI=1S/C16H23NO2S/c1-13(2)15(14-6-4-3-5-7-14)8-17-9-16(10-17)11-20(18,19)12-16/h3-7,13,15H,8-12H2,1-2H3. The van der Waals surface area contributed by atoms with Crippen LogP contribution in [-0.4, -0.2) is 44.5 Å². The monoisotopic (exact) mass is 293 g/mol. The highest BCUT2D eigenvalue weighted by Gasteiger charge is 2.55. The minimum atomic E-state index is -2.70. The second-order valence-electron chi connectivity index (χ2n) is 6.96. The van der Waals surface area contributed by atoms with Gasteiger partial charge in [0.2, 0.25) is 0 Å². The van der Waals surface area contributed by atoms with Crippen LogP contribution < -0.4 is 0 Å². The Hall–Kier alpha value is -0.870. The van der Waals surface area contributed by atoms with Crippen molar-refractivity contribution >= 4 is 9.84 Å². The van der Waals surface area contributed by atoms with Crippen LogP contribution in [0.25, 0.3) is 0 Å². The molecule has 2 aliphatic heterocycles. The Kier molecular flexibility index (Phi) is 3.41. The minimum absolute atomic E-state index is 0.108. The van der Waals surface area contributed by atoms with Gasteiger partial charge in [0, 0.05) is 25.0 Å². The number of sulfone groups is 1. The van der Waals surface area contributed by atoms with E-state index in [2.05, 4.69) is 49.1 Å². The van der Waals surface area contributed by atoms with Crippen LogP contribution in [0.3, 0.4) is 0 Å². The Morgan fingerprint density at radius 3 is 2.25 bits per heavy atom. The highest BCUT2D eigenvalue weighted by atomic mass is 32.2. The van der Waals surface area contributed by atoms with Crippen LogP contribution in [0.4, 0.5) is 0 Å². The topological polar surface area (TPSA) is 37.4 Å². The SMILES string of the molecule is CC(C)C(CN1CC2(C1)CS(=O)(=O)C2)c1ccccc1. The van der Waals surface area contributed by atoms with Gasteiger partial charge in [0.1, 0.15) is 0 Å².